The molecule has 0 saturated carbocycles. The lowest BCUT2D eigenvalue weighted by Crippen LogP contribution is -2.28. The number of nitro benzene ring substituents is 1. The molecule has 0 fully saturated rings. The molecule has 3 aromatic carbocycles. The number of non-ortho nitro benzene ring substituents is 1. The van der Waals surface area contributed by atoms with E-state index in [1.807, 2.05) is 6.92 Å². The Hall–Kier alpha value is -4.20. The van der Waals surface area contributed by atoms with Gasteiger partial charge in [0.25, 0.3) is 11.6 Å². The van der Waals surface area contributed by atoms with E-state index in [-0.39, 0.29) is 21.3 Å². The van der Waals surface area contributed by atoms with Crippen molar-refractivity contribution in [3.8, 4) is 5.75 Å². The molecule has 11 nitrogen and oxygen atoms in total. The number of rotatable bonds is 11. The predicted octanol–water partition coefficient (Wildman–Crippen LogP) is 5.31. The molecule has 1 amide bonds. The summed E-state index contributed by atoms with van der Waals surface area (Å²) in [5, 5.41) is 16.7. The summed E-state index contributed by atoms with van der Waals surface area (Å²) in [6.07, 6.45) is 3.00. The Bertz CT molecular complexity index is 1650. The number of methoxy groups -OCH3 is 1. The van der Waals surface area contributed by atoms with Gasteiger partial charge in [0.05, 0.1) is 33.4 Å². The predicted molar refractivity (Wildman–Crippen MR) is 155 cm³/mol. The summed E-state index contributed by atoms with van der Waals surface area (Å²) in [4.78, 5) is 28.8. The van der Waals surface area contributed by atoms with Crippen molar-refractivity contribution in [2.24, 2.45) is 5.10 Å². The molecule has 0 N–H and O–H groups in total. The zero-order chi connectivity index (χ0) is 28.9. The largest absolute Gasteiger partial charge is 0.497 e. The minimum Gasteiger partial charge on any atom is -0.497 e. The van der Waals surface area contributed by atoms with E-state index in [0.29, 0.717) is 23.4 Å². The Morgan fingerprint density at radius 2 is 1.82 bits per heavy atom. The van der Waals surface area contributed by atoms with Gasteiger partial charge in [-0.3, -0.25) is 14.9 Å². The second kappa shape index (κ2) is 12.3. The van der Waals surface area contributed by atoms with Gasteiger partial charge in [0.2, 0.25) is 15.2 Å². The number of aromatic nitrogens is 1. The Kier molecular flexibility index (Phi) is 8.87. The summed E-state index contributed by atoms with van der Waals surface area (Å²) < 4.78 is 33.1. The van der Waals surface area contributed by atoms with Crippen molar-refractivity contribution in [2.45, 2.75) is 24.7 Å². The van der Waals surface area contributed by atoms with E-state index in [9.17, 15) is 23.3 Å². The highest BCUT2D eigenvalue weighted by molar-refractivity contribution is 7.89. The van der Waals surface area contributed by atoms with E-state index in [1.165, 1.54) is 77.4 Å². The van der Waals surface area contributed by atoms with Gasteiger partial charge in [-0.2, -0.15) is 10.1 Å². The Balaban J connectivity index is 1.68. The molecule has 208 valence electrons. The van der Waals surface area contributed by atoms with Crippen LogP contribution in [0.3, 0.4) is 0 Å². The number of anilines is 1. The fourth-order valence-corrected chi connectivity index (χ4v) is 5.84. The number of nitro groups is 1. The van der Waals surface area contributed by atoms with Gasteiger partial charge in [-0.25, -0.2) is 17.7 Å². The number of benzene rings is 3. The van der Waals surface area contributed by atoms with Crippen molar-refractivity contribution in [1.82, 2.24) is 9.29 Å². The van der Waals surface area contributed by atoms with Gasteiger partial charge in [0, 0.05) is 31.3 Å². The molecule has 0 radical (unpaired) electrons. The first-order valence-electron chi connectivity index (χ1n) is 12.3. The molecule has 13 heteroatoms. The number of carbonyl (C=O) groups is 1. The lowest BCUT2D eigenvalue weighted by atomic mass is 10.2. The van der Waals surface area contributed by atoms with Crippen LogP contribution in [0.25, 0.3) is 10.2 Å². The molecule has 4 aromatic rings. The number of carbonyl (C=O) groups excluding carboxylic acids is 1. The summed E-state index contributed by atoms with van der Waals surface area (Å²) in [5.74, 6) is 0.100. The van der Waals surface area contributed by atoms with Gasteiger partial charge in [0.1, 0.15) is 5.75 Å². The van der Waals surface area contributed by atoms with Crippen LogP contribution < -0.4 is 9.75 Å². The van der Waals surface area contributed by atoms with Crippen LogP contribution in [0, 0.1) is 10.1 Å². The van der Waals surface area contributed by atoms with Gasteiger partial charge in [-0.05, 0) is 66.6 Å². The molecule has 0 aliphatic heterocycles. The van der Waals surface area contributed by atoms with Crippen LogP contribution >= 0.6 is 11.3 Å². The van der Waals surface area contributed by atoms with Crippen molar-refractivity contribution in [2.75, 3.05) is 25.7 Å². The number of hydrogen-bond donors (Lipinski definition) is 0. The molecule has 40 heavy (non-hydrogen) atoms. The highest BCUT2D eigenvalue weighted by atomic mass is 32.2. The van der Waals surface area contributed by atoms with Crippen LogP contribution in [0.5, 0.6) is 5.75 Å². The third-order valence-corrected chi connectivity index (χ3v) is 8.88. The highest BCUT2D eigenvalue weighted by Gasteiger charge is 2.24. The number of amides is 1. The first kappa shape index (κ1) is 28.8. The minimum atomic E-state index is -3.70. The monoisotopic (exact) mass is 581 g/mol. The highest BCUT2D eigenvalue weighted by Crippen LogP contribution is 2.32. The summed E-state index contributed by atoms with van der Waals surface area (Å²) in [5.41, 5.74) is 1.30. The van der Waals surface area contributed by atoms with Crippen LogP contribution in [0.15, 0.2) is 76.7 Å². The van der Waals surface area contributed by atoms with Crippen LogP contribution in [-0.4, -0.2) is 55.5 Å². The van der Waals surface area contributed by atoms with Crippen LogP contribution in [-0.2, 0) is 10.0 Å². The first-order chi connectivity index (χ1) is 19.1. The third kappa shape index (κ3) is 6.33. The number of nitrogens with zero attached hydrogens (tertiary/aromatic N) is 5. The first-order valence-corrected chi connectivity index (χ1v) is 14.5. The number of fused-ring (bicyclic) bond motifs is 1. The fraction of sp³-hybridized carbons (Fsp3) is 0.222. The van der Waals surface area contributed by atoms with Crippen LogP contribution in [0.2, 0.25) is 0 Å². The van der Waals surface area contributed by atoms with E-state index in [4.69, 9.17) is 4.74 Å². The van der Waals surface area contributed by atoms with Gasteiger partial charge in [-0.1, -0.05) is 24.7 Å². The number of hydrogen-bond acceptors (Lipinski definition) is 9. The average Bonchev–Trinajstić information content (AvgIpc) is 3.39. The summed E-state index contributed by atoms with van der Waals surface area (Å²) >= 11 is 1.23. The lowest BCUT2D eigenvalue weighted by molar-refractivity contribution is -0.384. The second-order valence-electron chi connectivity index (χ2n) is 8.74. The number of thiazole rings is 1. The number of hydrazone groups is 1. The molecule has 0 spiro atoms. The quantitative estimate of drug-likeness (QED) is 0.133. The number of unbranched alkanes of at least 4 members (excludes halogenated alkanes) is 1. The lowest BCUT2D eigenvalue weighted by Gasteiger charge is -2.17. The molecule has 1 aromatic heterocycles. The van der Waals surface area contributed by atoms with E-state index in [1.54, 1.807) is 25.3 Å². The molecule has 0 saturated heterocycles. The SMILES string of the molecule is CCCCN(C)S(=O)(=O)c1ccc(C(=O)N(/N=C/c2ccc([N+](=O)[O-])cc2)c2nc3ccc(OC)cc3s2)cc1. The van der Waals surface area contributed by atoms with Crippen molar-refractivity contribution in [3.05, 3.63) is 88.0 Å². The van der Waals surface area contributed by atoms with E-state index in [2.05, 4.69) is 10.1 Å². The van der Waals surface area contributed by atoms with E-state index < -0.39 is 20.9 Å². The Labute approximate surface area is 235 Å². The molecule has 0 aliphatic rings. The smallest absolute Gasteiger partial charge is 0.280 e. The standard InChI is InChI=1S/C27H27N5O6S2/c1-4-5-16-30(2)40(36,37)23-13-8-20(9-14-23)26(33)31(28-18-19-6-10-21(11-7-19)32(34)35)27-29-24-15-12-22(38-3)17-25(24)39-27/h6-15,17-18H,4-5,16H2,1-3H3/b28-18+. The van der Waals surface area contributed by atoms with Gasteiger partial charge in [-0.15, -0.1) is 0 Å². The number of ether oxygens (including phenoxy) is 1. The Morgan fingerprint density at radius 3 is 2.45 bits per heavy atom. The molecule has 0 aliphatic carbocycles. The summed E-state index contributed by atoms with van der Waals surface area (Å²) in [6.45, 7) is 2.38. The maximum Gasteiger partial charge on any atom is 0.280 e. The maximum atomic E-state index is 13.7. The fourth-order valence-electron chi connectivity index (χ4n) is 3.68. The van der Waals surface area contributed by atoms with Crippen molar-refractivity contribution >= 4 is 54.5 Å². The zero-order valence-corrected chi connectivity index (χ0v) is 23.7. The summed E-state index contributed by atoms with van der Waals surface area (Å²) in [7, 11) is -0.614. The summed E-state index contributed by atoms with van der Waals surface area (Å²) in [6, 6.07) is 16.7. The van der Waals surface area contributed by atoms with Crippen molar-refractivity contribution < 1.29 is 22.9 Å². The van der Waals surface area contributed by atoms with Crippen molar-refractivity contribution in [1.29, 1.82) is 0 Å². The van der Waals surface area contributed by atoms with Gasteiger partial charge in [0.15, 0.2) is 0 Å². The molecule has 0 atom stereocenters. The Morgan fingerprint density at radius 1 is 1.12 bits per heavy atom. The van der Waals surface area contributed by atoms with Crippen LogP contribution in [0.1, 0.15) is 35.7 Å². The zero-order valence-electron chi connectivity index (χ0n) is 22.1. The normalized spacial score (nSPS) is 11.8. The molecule has 4 rings (SSSR count). The molecule has 0 bridgehead atoms. The average molecular weight is 582 g/mol. The van der Waals surface area contributed by atoms with Crippen molar-refractivity contribution in [3.63, 3.8) is 0 Å². The van der Waals surface area contributed by atoms with Crippen LogP contribution in [0.4, 0.5) is 10.8 Å². The van der Waals surface area contributed by atoms with E-state index >= 15 is 0 Å². The third-order valence-electron chi connectivity index (χ3n) is 6.02. The molecular weight excluding hydrogens is 554 g/mol. The topological polar surface area (TPSA) is 135 Å². The molecule has 1 heterocycles. The maximum absolute atomic E-state index is 13.7. The molecule has 0 unspecified atom stereocenters. The van der Waals surface area contributed by atoms with Gasteiger partial charge < -0.3 is 4.74 Å². The minimum absolute atomic E-state index is 0.0689. The van der Waals surface area contributed by atoms with E-state index in [0.717, 1.165) is 22.6 Å². The van der Waals surface area contributed by atoms with Gasteiger partial charge >= 0.3 is 0 Å². The second-order valence-corrected chi connectivity index (χ2v) is 11.8. The molecular formula is C27H27N5O6S2. The number of sulfonamides is 1.